The highest BCUT2D eigenvalue weighted by Gasteiger charge is 2.46. The minimum atomic E-state index is -0.737. The molecule has 4 rings (SSSR count). The van der Waals surface area contributed by atoms with Crippen molar-refractivity contribution in [2.75, 3.05) is 27.2 Å². The normalized spacial score (nSPS) is 18.3. The van der Waals surface area contributed by atoms with Crippen LogP contribution in [0.3, 0.4) is 0 Å². The minimum absolute atomic E-state index is 0.0237. The Balaban J connectivity index is 1.87. The van der Waals surface area contributed by atoms with Crippen molar-refractivity contribution in [1.82, 2.24) is 14.8 Å². The number of rotatable bonds is 6. The van der Waals surface area contributed by atoms with E-state index in [0.717, 1.165) is 23.0 Å². The van der Waals surface area contributed by atoms with Gasteiger partial charge in [0.2, 0.25) is 0 Å². The predicted molar refractivity (Wildman–Crippen MR) is 122 cm³/mol. The Morgan fingerprint density at radius 3 is 2.66 bits per heavy atom. The number of Topliss-reactive ketones (excluding diaryl/α,β-unsaturated/α-hetero) is 1. The van der Waals surface area contributed by atoms with Crippen LogP contribution in [0.4, 0.5) is 4.39 Å². The number of hydrogen-bond acceptors (Lipinski definition) is 4. The molecule has 1 saturated heterocycles. The van der Waals surface area contributed by atoms with Crippen molar-refractivity contribution in [3.05, 3.63) is 76.7 Å². The lowest BCUT2D eigenvalue weighted by molar-refractivity contribution is -0.139. The highest BCUT2D eigenvalue weighted by atomic mass is 19.1. The highest BCUT2D eigenvalue weighted by molar-refractivity contribution is 6.46. The molecule has 1 unspecified atom stereocenters. The maximum Gasteiger partial charge on any atom is 0.295 e. The number of aryl methyl sites for hydroxylation is 1. The van der Waals surface area contributed by atoms with Gasteiger partial charge in [0.05, 0.1) is 11.6 Å². The number of benzene rings is 2. The van der Waals surface area contributed by atoms with Gasteiger partial charge in [-0.25, -0.2) is 4.39 Å². The molecule has 0 spiro atoms. The van der Waals surface area contributed by atoms with E-state index in [4.69, 9.17) is 0 Å². The van der Waals surface area contributed by atoms with Crippen molar-refractivity contribution in [1.29, 1.82) is 0 Å². The number of nitrogens with one attached hydrogen (secondary N) is 1. The third kappa shape index (κ3) is 3.80. The van der Waals surface area contributed by atoms with E-state index in [1.807, 2.05) is 43.3 Å². The fraction of sp³-hybridized carbons (Fsp3) is 0.280. The van der Waals surface area contributed by atoms with Crippen molar-refractivity contribution >= 4 is 28.4 Å². The van der Waals surface area contributed by atoms with Crippen LogP contribution in [0, 0.1) is 12.7 Å². The number of aliphatic hydroxyl groups excluding tert-OH is 1. The molecule has 1 fully saturated rings. The molecule has 1 aliphatic rings. The van der Waals surface area contributed by atoms with Gasteiger partial charge in [0, 0.05) is 34.8 Å². The summed E-state index contributed by atoms with van der Waals surface area (Å²) in [5.41, 5.74) is 2.29. The number of carbonyl (C=O) groups is 2. The molecule has 0 radical (unpaired) electrons. The molecule has 7 heteroatoms. The fourth-order valence-electron chi connectivity index (χ4n) is 4.26. The van der Waals surface area contributed by atoms with Gasteiger partial charge in [-0.05, 0) is 63.8 Å². The first kappa shape index (κ1) is 21.8. The molecule has 6 nitrogen and oxygen atoms in total. The van der Waals surface area contributed by atoms with Gasteiger partial charge in [0.1, 0.15) is 11.6 Å². The van der Waals surface area contributed by atoms with Gasteiger partial charge in [-0.1, -0.05) is 18.2 Å². The molecule has 1 aliphatic heterocycles. The summed E-state index contributed by atoms with van der Waals surface area (Å²) >= 11 is 0. The Hall–Kier alpha value is -3.45. The van der Waals surface area contributed by atoms with E-state index < -0.39 is 23.5 Å². The average molecular weight is 435 g/mol. The van der Waals surface area contributed by atoms with E-state index in [2.05, 4.69) is 4.98 Å². The maximum absolute atomic E-state index is 13.8. The van der Waals surface area contributed by atoms with Crippen LogP contribution in [0.25, 0.3) is 16.7 Å². The van der Waals surface area contributed by atoms with Gasteiger partial charge in [0.15, 0.2) is 0 Å². The lowest BCUT2D eigenvalue weighted by Gasteiger charge is -2.25. The van der Waals surface area contributed by atoms with Crippen molar-refractivity contribution in [3.8, 4) is 0 Å². The molecule has 1 aromatic heterocycles. The predicted octanol–water partition coefficient (Wildman–Crippen LogP) is 3.99. The molecule has 2 N–H and O–H groups in total. The largest absolute Gasteiger partial charge is 0.507 e. The number of aromatic amines is 1. The standard InChI is InChI=1S/C25H26FN3O3/c1-15-13-16(9-10-19(15)26)23(30)21-22(18-14-27-20-8-5-4-7-17(18)20)29(25(32)24(21)31)12-6-11-28(2)3/h4-5,7-10,13-14,22,27,30H,6,11-12H2,1-3H3/b23-21+. The van der Waals surface area contributed by atoms with Crippen LogP contribution in [0.2, 0.25) is 0 Å². The van der Waals surface area contributed by atoms with Crippen LogP contribution in [0.15, 0.2) is 54.2 Å². The summed E-state index contributed by atoms with van der Waals surface area (Å²) in [6, 6.07) is 11.0. The minimum Gasteiger partial charge on any atom is -0.507 e. The number of likely N-dealkylation sites (tertiary alicyclic amines) is 1. The number of amides is 1. The number of fused-ring (bicyclic) bond motifs is 1. The number of carbonyl (C=O) groups excluding carboxylic acids is 2. The molecule has 2 heterocycles. The van der Waals surface area contributed by atoms with Crippen LogP contribution in [-0.2, 0) is 9.59 Å². The summed E-state index contributed by atoms with van der Waals surface area (Å²) in [6.45, 7) is 2.70. The zero-order valence-electron chi connectivity index (χ0n) is 18.4. The van der Waals surface area contributed by atoms with Crippen molar-refractivity contribution in [3.63, 3.8) is 0 Å². The van der Waals surface area contributed by atoms with E-state index in [-0.39, 0.29) is 11.3 Å². The molecule has 166 valence electrons. The summed E-state index contributed by atoms with van der Waals surface area (Å²) in [7, 11) is 3.89. The number of para-hydroxylation sites is 1. The summed E-state index contributed by atoms with van der Waals surface area (Å²) in [4.78, 5) is 32.9. The van der Waals surface area contributed by atoms with Crippen molar-refractivity contribution in [2.45, 2.75) is 19.4 Å². The van der Waals surface area contributed by atoms with E-state index in [0.29, 0.717) is 24.1 Å². The van der Waals surface area contributed by atoms with E-state index in [1.165, 1.54) is 23.1 Å². The molecule has 1 atom stereocenters. The molecule has 0 bridgehead atoms. The molecule has 0 saturated carbocycles. The number of halogens is 1. The number of nitrogens with zero attached hydrogens (tertiary/aromatic N) is 2. The average Bonchev–Trinajstić information content (AvgIpc) is 3.29. The first-order chi connectivity index (χ1) is 15.3. The molecule has 1 amide bonds. The highest BCUT2D eigenvalue weighted by Crippen LogP contribution is 2.42. The molecule has 2 aromatic carbocycles. The number of aliphatic hydroxyl groups is 1. The van der Waals surface area contributed by atoms with Crippen molar-refractivity contribution in [2.24, 2.45) is 0 Å². The lowest BCUT2D eigenvalue weighted by Crippen LogP contribution is -2.32. The van der Waals surface area contributed by atoms with E-state index >= 15 is 0 Å². The summed E-state index contributed by atoms with van der Waals surface area (Å²) in [6.07, 6.45) is 2.46. The van der Waals surface area contributed by atoms with Crippen molar-refractivity contribution < 1.29 is 19.1 Å². The Labute approximate surface area is 186 Å². The molecular weight excluding hydrogens is 409 g/mol. The maximum atomic E-state index is 13.8. The van der Waals surface area contributed by atoms with Gasteiger partial charge >= 0.3 is 0 Å². The van der Waals surface area contributed by atoms with Crippen LogP contribution in [0.1, 0.15) is 29.2 Å². The quantitative estimate of drug-likeness (QED) is 0.349. The number of hydrogen-bond donors (Lipinski definition) is 2. The van der Waals surface area contributed by atoms with Crippen LogP contribution < -0.4 is 0 Å². The van der Waals surface area contributed by atoms with Crippen LogP contribution in [0.5, 0.6) is 0 Å². The van der Waals surface area contributed by atoms with Gasteiger partial charge in [0.25, 0.3) is 11.7 Å². The lowest BCUT2D eigenvalue weighted by atomic mass is 9.94. The number of ketones is 1. The summed E-state index contributed by atoms with van der Waals surface area (Å²) in [5, 5.41) is 12.0. The van der Waals surface area contributed by atoms with Gasteiger partial charge in [-0.15, -0.1) is 0 Å². The number of aromatic nitrogens is 1. The molecular formula is C25H26FN3O3. The first-order valence-corrected chi connectivity index (χ1v) is 10.5. The first-order valence-electron chi connectivity index (χ1n) is 10.5. The third-order valence-corrected chi connectivity index (χ3v) is 5.89. The Kier molecular flexibility index (Phi) is 5.84. The monoisotopic (exact) mass is 435 g/mol. The zero-order valence-corrected chi connectivity index (χ0v) is 18.4. The molecule has 3 aromatic rings. The second kappa shape index (κ2) is 8.59. The fourth-order valence-corrected chi connectivity index (χ4v) is 4.26. The molecule has 32 heavy (non-hydrogen) atoms. The van der Waals surface area contributed by atoms with Crippen LogP contribution in [-0.4, -0.2) is 58.8 Å². The topological polar surface area (TPSA) is 76.6 Å². The Morgan fingerprint density at radius 1 is 1.19 bits per heavy atom. The zero-order chi connectivity index (χ0) is 23.0. The van der Waals surface area contributed by atoms with E-state index in [1.54, 1.807) is 13.1 Å². The Bertz CT molecular complexity index is 1230. The Morgan fingerprint density at radius 2 is 1.94 bits per heavy atom. The van der Waals surface area contributed by atoms with Gasteiger partial charge < -0.3 is 19.9 Å². The second-order valence-electron chi connectivity index (χ2n) is 8.40. The van der Waals surface area contributed by atoms with Gasteiger partial charge in [-0.2, -0.15) is 0 Å². The second-order valence-corrected chi connectivity index (χ2v) is 8.40. The summed E-state index contributed by atoms with van der Waals surface area (Å²) < 4.78 is 13.8. The number of H-pyrrole nitrogens is 1. The van der Waals surface area contributed by atoms with Crippen LogP contribution >= 0.6 is 0 Å². The smallest absolute Gasteiger partial charge is 0.295 e. The van der Waals surface area contributed by atoms with Gasteiger partial charge in [-0.3, -0.25) is 9.59 Å². The SMILES string of the molecule is Cc1cc(/C(O)=C2\C(=O)C(=O)N(CCCN(C)C)C2c2c[nH]c3ccccc23)ccc1F. The molecule has 0 aliphatic carbocycles. The van der Waals surface area contributed by atoms with E-state index in [9.17, 15) is 19.1 Å². The third-order valence-electron chi connectivity index (χ3n) is 5.89. The summed E-state index contributed by atoms with van der Waals surface area (Å²) in [5.74, 6) is -2.07.